The molecule has 3 rings (SSSR count). The summed E-state index contributed by atoms with van der Waals surface area (Å²) < 4.78 is 5.51. The predicted octanol–water partition coefficient (Wildman–Crippen LogP) is 5.68. The molecule has 6 heteroatoms. The number of ether oxygens (including phenoxy) is 1. The van der Waals surface area contributed by atoms with Gasteiger partial charge in [-0.2, -0.15) is 5.10 Å². The standard InChI is InChI=1S/C26H27ClN2O3/c1-3-18(2)20-9-11-23(12-10-20)32-17-26(31)29-28-16-22-15-19(8-13-25(22)30)14-21-6-4-5-7-24(21)27/h4-13,15-16,18,30H,3,14,17H2,1-2H3,(H,29,31)/b28-16-/t18-/m0/s1. The van der Waals surface area contributed by atoms with Crippen LogP contribution < -0.4 is 10.2 Å². The van der Waals surface area contributed by atoms with E-state index in [1.54, 1.807) is 6.07 Å². The Morgan fingerprint density at radius 3 is 2.62 bits per heavy atom. The summed E-state index contributed by atoms with van der Waals surface area (Å²) >= 11 is 6.23. The topological polar surface area (TPSA) is 70.9 Å². The predicted molar refractivity (Wildman–Crippen MR) is 129 cm³/mol. The van der Waals surface area contributed by atoms with E-state index in [0.717, 1.165) is 17.5 Å². The van der Waals surface area contributed by atoms with Crippen LogP contribution in [0.2, 0.25) is 5.02 Å². The molecule has 0 spiro atoms. The second-order valence-corrected chi connectivity index (χ2v) is 8.03. The number of rotatable bonds is 9. The minimum Gasteiger partial charge on any atom is -0.507 e. The van der Waals surface area contributed by atoms with E-state index in [1.807, 2.05) is 60.7 Å². The molecule has 2 N–H and O–H groups in total. The molecule has 1 atom stereocenters. The molecule has 0 fully saturated rings. The van der Waals surface area contributed by atoms with Crippen LogP contribution in [-0.4, -0.2) is 23.8 Å². The molecule has 0 saturated carbocycles. The second kappa shape index (κ2) is 11.3. The summed E-state index contributed by atoms with van der Waals surface area (Å²) in [4.78, 5) is 12.0. The zero-order chi connectivity index (χ0) is 22.9. The molecule has 0 aromatic heterocycles. The van der Waals surface area contributed by atoms with Gasteiger partial charge in [0.25, 0.3) is 5.91 Å². The van der Waals surface area contributed by atoms with Crippen molar-refractivity contribution in [3.8, 4) is 11.5 Å². The van der Waals surface area contributed by atoms with Crippen molar-refractivity contribution in [3.63, 3.8) is 0 Å². The molecule has 0 aliphatic carbocycles. The molecule has 0 heterocycles. The molecule has 0 radical (unpaired) electrons. The molecule has 5 nitrogen and oxygen atoms in total. The van der Waals surface area contributed by atoms with Gasteiger partial charge in [-0.25, -0.2) is 5.43 Å². The van der Waals surface area contributed by atoms with Gasteiger partial charge in [0.1, 0.15) is 11.5 Å². The third kappa shape index (κ3) is 6.59. The zero-order valence-electron chi connectivity index (χ0n) is 18.2. The smallest absolute Gasteiger partial charge is 0.277 e. The zero-order valence-corrected chi connectivity index (χ0v) is 19.0. The van der Waals surface area contributed by atoms with E-state index in [1.165, 1.54) is 11.8 Å². The Labute approximate surface area is 193 Å². The van der Waals surface area contributed by atoms with Crippen molar-refractivity contribution in [2.75, 3.05) is 6.61 Å². The fourth-order valence-electron chi connectivity index (χ4n) is 3.16. The Bertz CT molecular complexity index is 1080. The summed E-state index contributed by atoms with van der Waals surface area (Å²) in [5.41, 5.74) is 6.11. The Balaban J connectivity index is 1.53. The quantitative estimate of drug-likeness (QED) is 0.325. The fourth-order valence-corrected chi connectivity index (χ4v) is 3.36. The number of benzene rings is 3. The number of hydrogen-bond acceptors (Lipinski definition) is 4. The van der Waals surface area contributed by atoms with Crippen LogP contribution in [0, 0.1) is 0 Å². The highest BCUT2D eigenvalue weighted by molar-refractivity contribution is 6.31. The number of nitrogens with zero attached hydrogens (tertiary/aromatic N) is 1. The third-order valence-electron chi connectivity index (χ3n) is 5.27. The van der Waals surface area contributed by atoms with Crippen molar-refractivity contribution in [3.05, 3.63) is 94.0 Å². The first kappa shape index (κ1) is 23.4. The van der Waals surface area contributed by atoms with Gasteiger partial charge in [-0.1, -0.05) is 61.8 Å². The Morgan fingerprint density at radius 1 is 1.16 bits per heavy atom. The summed E-state index contributed by atoms with van der Waals surface area (Å²) in [6, 6.07) is 20.6. The molecule has 0 aliphatic rings. The van der Waals surface area contributed by atoms with E-state index in [-0.39, 0.29) is 18.3 Å². The Hall–Kier alpha value is -3.31. The maximum atomic E-state index is 12.0. The first-order chi connectivity index (χ1) is 15.5. The van der Waals surface area contributed by atoms with E-state index < -0.39 is 0 Å². The van der Waals surface area contributed by atoms with Crippen molar-refractivity contribution in [2.45, 2.75) is 32.6 Å². The number of halogens is 1. The van der Waals surface area contributed by atoms with Gasteiger partial charge in [0, 0.05) is 10.6 Å². The lowest BCUT2D eigenvalue weighted by atomic mass is 9.99. The maximum absolute atomic E-state index is 12.0. The fraction of sp³-hybridized carbons (Fsp3) is 0.231. The largest absolute Gasteiger partial charge is 0.507 e. The van der Waals surface area contributed by atoms with Crippen molar-refractivity contribution < 1.29 is 14.6 Å². The number of phenolic OH excluding ortho intramolecular Hbond substituents is 1. The minimum absolute atomic E-state index is 0.0727. The highest BCUT2D eigenvalue weighted by Gasteiger charge is 2.07. The van der Waals surface area contributed by atoms with Gasteiger partial charge in [0.05, 0.1) is 6.21 Å². The lowest BCUT2D eigenvalue weighted by Gasteiger charge is -2.10. The lowest BCUT2D eigenvalue weighted by Crippen LogP contribution is -2.24. The highest BCUT2D eigenvalue weighted by atomic mass is 35.5. The van der Waals surface area contributed by atoms with E-state index in [2.05, 4.69) is 24.4 Å². The number of hydrazone groups is 1. The van der Waals surface area contributed by atoms with Crippen LogP contribution >= 0.6 is 11.6 Å². The molecule has 0 bridgehead atoms. The average Bonchev–Trinajstić information content (AvgIpc) is 2.81. The van der Waals surface area contributed by atoms with E-state index in [4.69, 9.17) is 16.3 Å². The molecule has 1 amide bonds. The van der Waals surface area contributed by atoms with Crippen LogP contribution in [0.1, 0.15) is 48.4 Å². The van der Waals surface area contributed by atoms with Gasteiger partial charge in [-0.05, 0) is 65.8 Å². The van der Waals surface area contributed by atoms with E-state index in [0.29, 0.717) is 28.7 Å². The first-order valence-electron chi connectivity index (χ1n) is 10.6. The number of nitrogens with one attached hydrogen (secondary N) is 1. The van der Waals surface area contributed by atoms with Crippen molar-refractivity contribution >= 4 is 23.7 Å². The maximum Gasteiger partial charge on any atom is 0.277 e. The van der Waals surface area contributed by atoms with E-state index in [9.17, 15) is 9.90 Å². The SMILES string of the molecule is CC[C@H](C)c1ccc(OCC(=O)N/N=C\c2cc(Cc3ccccc3Cl)ccc2O)cc1. The van der Waals surface area contributed by atoms with Gasteiger partial charge in [0.15, 0.2) is 6.61 Å². The van der Waals surface area contributed by atoms with Gasteiger partial charge in [-0.3, -0.25) is 4.79 Å². The summed E-state index contributed by atoms with van der Waals surface area (Å²) in [5, 5.41) is 14.7. The minimum atomic E-state index is -0.390. The number of amides is 1. The van der Waals surface area contributed by atoms with Crippen molar-refractivity contribution in [1.29, 1.82) is 0 Å². The molecule has 3 aromatic rings. The van der Waals surface area contributed by atoms with Crippen molar-refractivity contribution in [2.24, 2.45) is 5.10 Å². The molecular weight excluding hydrogens is 424 g/mol. The molecule has 3 aromatic carbocycles. The number of phenols is 1. The molecular formula is C26H27ClN2O3. The van der Waals surface area contributed by atoms with Gasteiger partial charge in [-0.15, -0.1) is 0 Å². The summed E-state index contributed by atoms with van der Waals surface area (Å²) in [6.07, 6.45) is 3.10. The molecule has 32 heavy (non-hydrogen) atoms. The normalized spacial score (nSPS) is 12.0. The van der Waals surface area contributed by atoms with Crippen LogP contribution in [0.5, 0.6) is 11.5 Å². The summed E-state index contributed by atoms with van der Waals surface area (Å²) in [7, 11) is 0. The number of aromatic hydroxyl groups is 1. The van der Waals surface area contributed by atoms with Crippen LogP contribution in [-0.2, 0) is 11.2 Å². The van der Waals surface area contributed by atoms with Crippen LogP contribution in [0.15, 0.2) is 71.8 Å². The summed E-state index contributed by atoms with van der Waals surface area (Å²) in [5.74, 6) is 0.796. The van der Waals surface area contributed by atoms with E-state index >= 15 is 0 Å². The number of hydrogen-bond donors (Lipinski definition) is 2. The van der Waals surface area contributed by atoms with Crippen LogP contribution in [0.3, 0.4) is 0 Å². The van der Waals surface area contributed by atoms with Crippen molar-refractivity contribution in [1.82, 2.24) is 5.43 Å². The van der Waals surface area contributed by atoms with Gasteiger partial charge < -0.3 is 9.84 Å². The monoisotopic (exact) mass is 450 g/mol. The average molecular weight is 451 g/mol. The molecule has 0 saturated heterocycles. The number of carbonyl (C=O) groups excluding carboxylic acids is 1. The van der Waals surface area contributed by atoms with Crippen LogP contribution in [0.25, 0.3) is 0 Å². The second-order valence-electron chi connectivity index (χ2n) is 7.62. The molecule has 166 valence electrons. The van der Waals surface area contributed by atoms with Crippen LogP contribution in [0.4, 0.5) is 0 Å². The first-order valence-corrected chi connectivity index (χ1v) is 10.9. The molecule has 0 aliphatic heterocycles. The highest BCUT2D eigenvalue weighted by Crippen LogP contribution is 2.23. The molecule has 0 unspecified atom stereocenters. The van der Waals surface area contributed by atoms with Gasteiger partial charge >= 0.3 is 0 Å². The summed E-state index contributed by atoms with van der Waals surface area (Å²) in [6.45, 7) is 4.17. The number of carbonyl (C=O) groups is 1. The van der Waals surface area contributed by atoms with Gasteiger partial charge in [0.2, 0.25) is 0 Å². The third-order valence-corrected chi connectivity index (χ3v) is 5.64. The lowest BCUT2D eigenvalue weighted by molar-refractivity contribution is -0.123. The Morgan fingerprint density at radius 2 is 1.91 bits per heavy atom. The Kier molecular flexibility index (Phi) is 8.28.